The van der Waals surface area contributed by atoms with Crippen LogP contribution in [0, 0.1) is 6.92 Å². The van der Waals surface area contributed by atoms with E-state index in [1.807, 2.05) is 31.2 Å². The molecule has 0 fully saturated rings. The van der Waals surface area contributed by atoms with Crippen LogP contribution in [-0.4, -0.2) is 19.9 Å². The van der Waals surface area contributed by atoms with E-state index in [4.69, 9.17) is 0 Å². The van der Waals surface area contributed by atoms with Crippen LogP contribution >= 0.6 is 23.1 Å². The lowest BCUT2D eigenvalue weighted by Gasteiger charge is -2.05. The molecule has 0 radical (unpaired) electrons. The minimum Gasteiger partial charge on any atom is -0.224 e. The van der Waals surface area contributed by atoms with Gasteiger partial charge in [-0.1, -0.05) is 35.9 Å². The number of sulfone groups is 1. The van der Waals surface area contributed by atoms with Crippen molar-refractivity contribution in [3.05, 3.63) is 65.0 Å². The molecule has 0 saturated carbocycles. The third-order valence-corrected chi connectivity index (χ3v) is 7.71. The van der Waals surface area contributed by atoms with E-state index in [1.165, 1.54) is 15.6 Å². The molecule has 0 aliphatic rings. The van der Waals surface area contributed by atoms with Crippen LogP contribution < -0.4 is 0 Å². The van der Waals surface area contributed by atoms with Gasteiger partial charge >= 0.3 is 0 Å². The third-order valence-electron chi connectivity index (χ3n) is 3.70. The molecule has 0 aliphatic heterocycles. The number of benzene rings is 2. The molecular weight excluding hydrogens is 344 g/mol. The molecule has 2 nitrogen and oxygen atoms in total. The lowest BCUT2D eigenvalue weighted by molar-refractivity contribution is 0.597. The van der Waals surface area contributed by atoms with Crippen molar-refractivity contribution in [2.75, 3.05) is 11.5 Å². The zero-order chi connectivity index (χ0) is 16.3. The molecule has 0 bridgehead atoms. The highest BCUT2D eigenvalue weighted by Gasteiger charge is 2.14. The molecular formula is C18H18O2S3. The van der Waals surface area contributed by atoms with E-state index in [1.54, 1.807) is 35.2 Å². The fourth-order valence-corrected chi connectivity index (χ4v) is 6.17. The van der Waals surface area contributed by atoms with Crippen molar-refractivity contribution >= 4 is 43.0 Å². The van der Waals surface area contributed by atoms with Gasteiger partial charge in [-0.05, 0) is 41.5 Å². The van der Waals surface area contributed by atoms with Crippen LogP contribution in [0.15, 0.2) is 58.8 Å². The lowest BCUT2D eigenvalue weighted by atomic mass is 10.2. The van der Waals surface area contributed by atoms with Gasteiger partial charge in [0.2, 0.25) is 0 Å². The van der Waals surface area contributed by atoms with Gasteiger partial charge < -0.3 is 0 Å². The van der Waals surface area contributed by atoms with Crippen LogP contribution in [0.5, 0.6) is 0 Å². The second-order valence-electron chi connectivity index (χ2n) is 5.44. The molecule has 0 spiro atoms. The van der Waals surface area contributed by atoms with Gasteiger partial charge in [0, 0.05) is 16.2 Å². The maximum absolute atomic E-state index is 12.3. The number of hydrogen-bond donors (Lipinski definition) is 0. The average Bonchev–Trinajstić information content (AvgIpc) is 2.95. The van der Waals surface area contributed by atoms with Crippen molar-refractivity contribution in [2.24, 2.45) is 0 Å². The molecule has 0 amide bonds. The molecule has 1 heterocycles. The number of hydrogen-bond acceptors (Lipinski definition) is 4. The highest BCUT2D eigenvalue weighted by Crippen LogP contribution is 2.28. The Morgan fingerprint density at radius 1 is 1.04 bits per heavy atom. The van der Waals surface area contributed by atoms with Crippen molar-refractivity contribution < 1.29 is 8.42 Å². The first-order chi connectivity index (χ1) is 11.1. The summed E-state index contributed by atoms with van der Waals surface area (Å²) in [6, 6.07) is 15.4. The van der Waals surface area contributed by atoms with Crippen molar-refractivity contribution in [1.82, 2.24) is 0 Å². The third kappa shape index (κ3) is 3.97. The van der Waals surface area contributed by atoms with Crippen LogP contribution in [0.25, 0.3) is 10.1 Å². The predicted molar refractivity (Wildman–Crippen MR) is 101 cm³/mol. The van der Waals surface area contributed by atoms with Crippen LogP contribution in [-0.2, 0) is 15.6 Å². The maximum Gasteiger partial charge on any atom is 0.179 e. The van der Waals surface area contributed by atoms with Gasteiger partial charge in [-0.25, -0.2) is 8.42 Å². The van der Waals surface area contributed by atoms with Crippen molar-refractivity contribution in [1.29, 1.82) is 0 Å². The Balaban J connectivity index is 1.58. The Morgan fingerprint density at radius 3 is 2.57 bits per heavy atom. The molecule has 0 atom stereocenters. The summed E-state index contributed by atoms with van der Waals surface area (Å²) in [4.78, 5) is 0.421. The standard InChI is InChI=1S/C18H18O2S3/c1-14-6-8-16(9-7-14)23(19,20)11-10-21-12-15-13-22-18-5-3-2-4-17(15)18/h2-9,13H,10-12H2,1H3. The minimum atomic E-state index is -3.18. The summed E-state index contributed by atoms with van der Waals surface area (Å²) >= 11 is 3.42. The summed E-state index contributed by atoms with van der Waals surface area (Å²) in [7, 11) is -3.18. The molecule has 2 aromatic carbocycles. The fourth-order valence-electron chi connectivity index (χ4n) is 2.36. The van der Waals surface area contributed by atoms with Gasteiger partial charge in [-0.2, -0.15) is 11.8 Å². The number of thioether (sulfide) groups is 1. The number of aryl methyl sites for hydroxylation is 1. The molecule has 3 aromatic rings. The highest BCUT2D eigenvalue weighted by molar-refractivity contribution is 8.00. The summed E-state index contributed by atoms with van der Waals surface area (Å²) in [6.07, 6.45) is 0. The Bertz CT molecular complexity index is 893. The average molecular weight is 363 g/mol. The molecule has 0 saturated heterocycles. The van der Waals surface area contributed by atoms with Gasteiger partial charge in [-0.15, -0.1) is 11.3 Å². The molecule has 23 heavy (non-hydrogen) atoms. The summed E-state index contributed by atoms with van der Waals surface area (Å²) < 4.78 is 25.9. The number of thiophene rings is 1. The Labute approximate surface area is 145 Å². The second kappa shape index (κ2) is 7.07. The number of fused-ring (bicyclic) bond motifs is 1. The number of rotatable bonds is 6. The molecule has 0 aliphatic carbocycles. The van der Waals surface area contributed by atoms with Crippen LogP contribution in [0.2, 0.25) is 0 Å². The monoisotopic (exact) mass is 362 g/mol. The summed E-state index contributed by atoms with van der Waals surface area (Å²) in [5, 5.41) is 3.46. The Morgan fingerprint density at radius 2 is 1.78 bits per heavy atom. The van der Waals surface area contributed by atoms with E-state index >= 15 is 0 Å². The van der Waals surface area contributed by atoms with Crippen molar-refractivity contribution in [3.63, 3.8) is 0 Å². The molecule has 3 rings (SSSR count). The quantitative estimate of drug-likeness (QED) is 0.584. The first kappa shape index (κ1) is 16.6. The summed E-state index contributed by atoms with van der Waals surface area (Å²) in [5.74, 6) is 1.65. The highest BCUT2D eigenvalue weighted by atomic mass is 32.2. The van der Waals surface area contributed by atoms with Gasteiger partial charge in [0.25, 0.3) is 0 Å². The summed E-state index contributed by atoms with van der Waals surface area (Å²) in [6.45, 7) is 1.96. The van der Waals surface area contributed by atoms with Crippen LogP contribution in [0.4, 0.5) is 0 Å². The van der Waals surface area contributed by atoms with Crippen LogP contribution in [0.1, 0.15) is 11.1 Å². The second-order valence-corrected chi connectivity index (χ2v) is 9.57. The van der Waals surface area contributed by atoms with E-state index in [-0.39, 0.29) is 5.75 Å². The zero-order valence-electron chi connectivity index (χ0n) is 12.9. The first-order valence-corrected chi connectivity index (χ1v) is 11.1. The van der Waals surface area contributed by atoms with E-state index in [2.05, 4.69) is 17.5 Å². The normalized spacial score (nSPS) is 11.9. The van der Waals surface area contributed by atoms with Gasteiger partial charge in [0.05, 0.1) is 10.6 Å². The fraction of sp³-hybridized carbons (Fsp3) is 0.222. The van der Waals surface area contributed by atoms with Crippen LogP contribution in [0.3, 0.4) is 0 Å². The summed E-state index contributed by atoms with van der Waals surface area (Å²) in [5.41, 5.74) is 2.37. The molecule has 1 aromatic heterocycles. The smallest absolute Gasteiger partial charge is 0.179 e. The van der Waals surface area contributed by atoms with E-state index in [0.717, 1.165) is 11.3 Å². The molecule has 120 valence electrons. The molecule has 5 heteroatoms. The van der Waals surface area contributed by atoms with Crippen molar-refractivity contribution in [2.45, 2.75) is 17.6 Å². The van der Waals surface area contributed by atoms with E-state index in [9.17, 15) is 8.42 Å². The Kier molecular flexibility index (Phi) is 5.09. The van der Waals surface area contributed by atoms with Gasteiger partial charge in [0.1, 0.15) is 0 Å². The lowest BCUT2D eigenvalue weighted by Crippen LogP contribution is -2.09. The van der Waals surface area contributed by atoms with Crippen molar-refractivity contribution in [3.8, 4) is 0 Å². The van der Waals surface area contributed by atoms with E-state index in [0.29, 0.717) is 10.6 Å². The SMILES string of the molecule is Cc1ccc(S(=O)(=O)CCSCc2csc3ccccc23)cc1. The molecule has 0 N–H and O–H groups in total. The molecule has 0 unspecified atom stereocenters. The van der Waals surface area contributed by atoms with Gasteiger partial charge in [0.15, 0.2) is 9.84 Å². The Hall–Kier alpha value is -1.30. The largest absolute Gasteiger partial charge is 0.224 e. The first-order valence-electron chi connectivity index (χ1n) is 7.38. The predicted octanol–water partition coefficient (Wildman–Crippen LogP) is 4.92. The maximum atomic E-state index is 12.3. The van der Waals surface area contributed by atoms with Gasteiger partial charge in [-0.3, -0.25) is 0 Å². The minimum absolute atomic E-state index is 0.183. The topological polar surface area (TPSA) is 34.1 Å². The zero-order valence-corrected chi connectivity index (χ0v) is 15.3. The van der Waals surface area contributed by atoms with E-state index < -0.39 is 9.84 Å².